The third kappa shape index (κ3) is 4.76. The van der Waals surface area contributed by atoms with E-state index in [1.54, 1.807) is 12.1 Å². The van der Waals surface area contributed by atoms with Crippen LogP contribution in [-0.4, -0.2) is 47.0 Å². The normalized spacial score (nSPS) is 19.3. The maximum atomic E-state index is 14.9. The molecule has 42 heavy (non-hydrogen) atoms. The molecular weight excluding hydrogens is 544 g/mol. The van der Waals surface area contributed by atoms with Gasteiger partial charge in [0.2, 0.25) is 11.7 Å². The van der Waals surface area contributed by atoms with Crippen molar-refractivity contribution in [3.8, 4) is 5.75 Å². The quantitative estimate of drug-likeness (QED) is 0.389. The van der Waals surface area contributed by atoms with E-state index < -0.39 is 40.8 Å². The first-order valence-electron chi connectivity index (χ1n) is 14.0. The molecular formula is C31H31F2N5O4. The minimum Gasteiger partial charge on any atom is -0.489 e. The summed E-state index contributed by atoms with van der Waals surface area (Å²) in [5.74, 6) is -4.42. The van der Waals surface area contributed by atoms with Crippen LogP contribution in [0.15, 0.2) is 51.6 Å². The Morgan fingerprint density at radius 1 is 1.05 bits per heavy atom. The number of ether oxygens (including phenoxy) is 1. The zero-order valence-electron chi connectivity index (χ0n) is 23.8. The molecule has 2 N–H and O–H groups in total. The Balaban J connectivity index is 1.35. The Hall–Kier alpha value is -4.41. The van der Waals surface area contributed by atoms with Crippen molar-refractivity contribution in [2.75, 3.05) is 18.5 Å². The van der Waals surface area contributed by atoms with Crippen molar-refractivity contribution in [3.63, 3.8) is 0 Å². The molecule has 2 amide bonds. The highest BCUT2D eigenvalue weighted by Crippen LogP contribution is 2.61. The standard InChI is InChI=1S/C31H31F2N5O4/c1-15(2)25-27(38-42-37-25)30(40)36-26(23-20-9-10-21(32)24(33)28(20)41-14-31(23)11-12-31)29(39)35-19-7-5-18(6-8-19)22-16(3)13-34-17(22)4/h5-10,15,23,26H,11-14H2,1-4H3,(H,35,39)(H,36,40)/t23?,26-/m0/s1. The van der Waals surface area contributed by atoms with Gasteiger partial charge in [0.25, 0.3) is 5.91 Å². The van der Waals surface area contributed by atoms with Crippen molar-refractivity contribution in [3.05, 3.63) is 76.1 Å². The number of carbonyl (C=O) groups is 2. The minimum atomic E-state index is -1.17. The number of amides is 2. The molecule has 2 atom stereocenters. The largest absolute Gasteiger partial charge is 0.489 e. The molecule has 3 heterocycles. The van der Waals surface area contributed by atoms with Crippen molar-refractivity contribution in [1.29, 1.82) is 0 Å². The zero-order valence-corrected chi connectivity index (χ0v) is 23.8. The number of nitrogens with one attached hydrogen (secondary N) is 2. The monoisotopic (exact) mass is 575 g/mol. The summed E-state index contributed by atoms with van der Waals surface area (Å²) >= 11 is 0. The second-order valence-corrected chi connectivity index (χ2v) is 11.6. The van der Waals surface area contributed by atoms with Crippen LogP contribution < -0.4 is 15.4 Å². The van der Waals surface area contributed by atoms with Crippen LogP contribution in [0.1, 0.15) is 79.7 Å². The van der Waals surface area contributed by atoms with Crippen LogP contribution in [0.25, 0.3) is 5.57 Å². The number of fused-ring (bicyclic) bond motifs is 1. The first kappa shape index (κ1) is 27.7. The van der Waals surface area contributed by atoms with Crippen LogP contribution in [0.4, 0.5) is 14.5 Å². The molecule has 1 saturated carbocycles. The summed E-state index contributed by atoms with van der Waals surface area (Å²) in [7, 11) is 0. The molecule has 1 spiro atoms. The molecule has 1 aliphatic carbocycles. The van der Waals surface area contributed by atoms with Crippen molar-refractivity contribution in [2.45, 2.75) is 58.4 Å². The summed E-state index contributed by atoms with van der Waals surface area (Å²) in [5, 5.41) is 13.4. The molecule has 6 rings (SSSR count). The van der Waals surface area contributed by atoms with Gasteiger partial charge in [0, 0.05) is 39.8 Å². The molecule has 2 aliphatic heterocycles. The first-order chi connectivity index (χ1) is 20.1. The van der Waals surface area contributed by atoms with Crippen molar-refractivity contribution >= 4 is 28.8 Å². The highest BCUT2D eigenvalue weighted by Gasteiger charge is 2.58. The summed E-state index contributed by atoms with van der Waals surface area (Å²) in [4.78, 5) is 32.1. The van der Waals surface area contributed by atoms with Crippen molar-refractivity contribution < 1.29 is 27.7 Å². The van der Waals surface area contributed by atoms with E-state index in [4.69, 9.17) is 9.37 Å². The van der Waals surface area contributed by atoms with Gasteiger partial charge in [0.05, 0.1) is 13.2 Å². The molecule has 0 bridgehead atoms. The molecule has 9 nitrogen and oxygen atoms in total. The zero-order chi connectivity index (χ0) is 29.8. The molecule has 3 aromatic rings. The molecule has 11 heteroatoms. The Bertz CT molecular complexity index is 1640. The van der Waals surface area contributed by atoms with Gasteiger partial charge >= 0.3 is 0 Å². The van der Waals surface area contributed by atoms with E-state index in [0.717, 1.165) is 22.9 Å². The van der Waals surface area contributed by atoms with Gasteiger partial charge in [-0.15, -0.1) is 0 Å². The van der Waals surface area contributed by atoms with Gasteiger partial charge < -0.3 is 15.4 Å². The van der Waals surface area contributed by atoms with E-state index in [0.29, 0.717) is 36.3 Å². The van der Waals surface area contributed by atoms with Gasteiger partial charge in [-0.1, -0.05) is 37.2 Å². The number of hydrogen-bond acceptors (Lipinski definition) is 7. The van der Waals surface area contributed by atoms with Crippen LogP contribution in [-0.2, 0) is 4.79 Å². The Kier molecular flexibility index (Phi) is 6.90. The van der Waals surface area contributed by atoms with Crippen LogP contribution in [0.3, 0.4) is 0 Å². The molecule has 3 aliphatic rings. The number of anilines is 1. The van der Waals surface area contributed by atoms with Gasteiger partial charge in [0.15, 0.2) is 17.3 Å². The highest BCUT2D eigenvalue weighted by atomic mass is 19.2. The summed E-state index contributed by atoms with van der Waals surface area (Å²) < 4.78 is 39.5. The number of hydrogen-bond donors (Lipinski definition) is 2. The van der Waals surface area contributed by atoms with Gasteiger partial charge in [0.1, 0.15) is 11.7 Å². The highest BCUT2D eigenvalue weighted by molar-refractivity contribution is 6.25. The third-order valence-electron chi connectivity index (χ3n) is 8.43. The first-order valence-corrected chi connectivity index (χ1v) is 14.0. The number of aromatic nitrogens is 2. The number of carbonyl (C=O) groups excluding carboxylic acids is 2. The van der Waals surface area contributed by atoms with E-state index in [9.17, 15) is 18.4 Å². The summed E-state index contributed by atoms with van der Waals surface area (Å²) in [6.45, 7) is 8.45. The molecule has 1 aromatic heterocycles. The van der Waals surface area contributed by atoms with Crippen LogP contribution in [0.5, 0.6) is 5.75 Å². The summed E-state index contributed by atoms with van der Waals surface area (Å²) in [6, 6.07) is 8.67. The molecule has 0 radical (unpaired) electrons. The van der Waals surface area contributed by atoms with E-state index in [-0.39, 0.29) is 24.0 Å². The number of allylic oxidation sites excluding steroid dienone is 1. The van der Waals surface area contributed by atoms with E-state index in [2.05, 4.69) is 25.9 Å². The SMILES string of the molecule is CC1=NCC(C)=C1c1ccc(NC(=O)[C@@H](NC(=O)c2nonc2C(C)C)C2c3ccc(F)c(F)c3OCC23CC3)cc1. The van der Waals surface area contributed by atoms with E-state index in [1.807, 2.05) is 39.8 Å². The minimum absolute atomic E-state index is 0.0354. The fourth-order valence-corrected chi connectivity index (χ4v) is 6.06. The lowest BCUT2D eigenvalue weighted by atomic mass is 9.75. The van der Waals surface area contributed by atoms with Gasteiger partial charge in [-0.3, -0.25) is 14.6 Å². The number of benzene rings is 2. The van der Waals surface area contributed by atoms with Crippen LogP contribution in [0.2, 0.25) is 0 Å². The lowest BCUT2D eigenvalue weighted by Crippen LogP contribution is -2.52. The number of nitrogens with zero attached hydrogens (tertiary/aromatic N) is 3. The van der Waals surface area contributed by atoms with Crippen LogP contribution in [0, 0.1) is 17.0 Å². The van der Waals surface area contributed by atoms with Gasteiger partial charge in [-0.05, 0) is 61.2 Å². The molecule has 218 valence electrons. The van der Waals surface area contributed by atoms with Crippen molar-refractivity contribution in [1.82, 2.24) is 15.6 Å². The average molecular weight is 576 g/mol. The predicted molar refractivity (Wildman–Crippen MR) is 152 cm³/mol. The Morgan fingerprint density at radius 3 is 2.43 bits per heavy atom. The average Bonchev–Trinajstić information content (AvgIpc) is 3.39. The second kappa shape index (κ2) is 10.5. The van der Waals surface area contributed by atoms with Crippen molar-refractivity contribution in [2.24, 2.45) is 10.4 Å². The number of halogens is 2. The topological polar surface area (TPSA) is 119 Å². The fraction of sp³-hybridized carbons (Fsp3) is 0.387. The van der Waals surface area contributed by atoms with Gasteiger partial charge in [-0.2, -0.15) is 4.39 Å². The maximum absolute atomic E-state index is 14.9. The predicted octanol–water partition coefficient (Wildman–Crippen LogP) is 5.41. The van der Waals surface area contributed by atoms with Crippen LogP contribution >= 0.6 is 0 Å². The molecule has 1 fully saturated rings. The van der Waals surface area contributed by atoms with E-state index >= 15 is 0 Å². The smallest absolute Gasteiger partial charge is 0.276 e. The molecule has 1 unspecified atom stereocenters. The maximum Gasteiger partial charge on any atom is 0.276 e. The lowest BCUT2D eigenvalue weighted by molar-refractivity contribution is -0.119. The summed E-state index contributed by atoms with van der Waals surface area (Å²) in [6.07, 6.45) is 1.39. The number of aliphatic imine (C=N–C) groups is 1. The third-order valence-corrected chi connectivity index (χ3v) is 8.43. The molecule has 2 aromatic carbocycles. The lowest BCUT2D eigenvalue weighted by Gasteiger charge is -2.38. The summed E-state index contributed by atoms with van der Waals surface area (Å²) in [5.41, 5.74) is 4.84. The second-order valence-electron chi connectivity index (χ2n) is 11.6. The Morgan fingerprint density at radius 2 is 1.79 bits per heavy atom. The Labute approximate surface area is 241 Å². The molecule has 0 saturated heterocycles. The number of rotatable bonds is 7. The van der Waals surface area contributed by atoms with E-state index in [1.165, 1.54) is 11.6 Å². The fourth-order valence-electron chi connectivity index (χ4n) is 6.06. The van der Waals surface area contributed by atoms with Gasteiger partial charge in [-0.25, -0.2) is 9.02 Å².